The topological polar surface area (TPSA) is 51.0 Å². The lowest BCUT2D eigenvalue weighted by molar-refractivity contribution is -0.131. The summed E-state index contributed by atoms with van der Waals surface area (Å²) in [4.78, 5) is 19.0. The molecule has 0 saturated carbocycles. The second-order valence-corrected chi connectivity index (χ2v) is 6.87. The zero-order valence-corrected chi connectivity index (χ0v) is 14.7. The van der Waals surface area contributed by atoms with Crippen molar-refractivity contribution in [3.05, 3.63) is 59.7 Å². The molecule has 0 N–H and O–H groups in total. The largest absolute Gasteiger partial charge is 0.342 e. The number of piperidine rings is 1. The molecule has 0 aliphatic carbocycles. The first-order valence-electron chi connectivity index (χ1n) is 8.91. The second kappa shape index (κ2) is 6.86. The van der Waals surface area contributed by atoms with Crippen molar-refractivity contribution in [3.63, 3.8) is 0 Å². The number of amides is 1. The van der Waals surface area contributed by atoms with Crippen molar-refractivity contribution in [2.45, 2.75) is 25.2 Å². The van der Waals surface area contributed by atoms with E-state index in [2.05, 4.69) is 10.1 Å². The van der Waals surface area contributed by atoms with Crippen molar-refractivity contribution in [2.24, 2.45) is 7.05 Å². The van der Waals surface area contributed by atoms with E-state index in [0.717, 1.165) is 41.7 Å². The highest BCUT2D eigenvalue weighted by molar-refractivity contribution is 5.80. The van der Waals surface area contributed by atoms with E-state index in [0.29, 0.717) is 13.0 Å². The third-order valence-electron chi connectivity index (χ3n) is 5.06. The predicted molar refractivity (Wildman–Crippen MR) is 97.2 cm³/mol. The van der Waals surface area contributed by atoms with Crippen LogP contribution in [0.4, 0.5) is 4.39 Å². The van der Waals surface area contributed by atoms with Gasteiger partial charge in [0.1, 0.15) is 5.82 Å². The lowest BCUT2D eigenvalue weighted by Crippen LogP contribution is -2.40. The van der Waals surface area contributed by atoms with Gasteiger partial charge in [0, 0.05) is 37.6 Å². The van der Waals surface area contributed by atoms with Crippen LogP contribution in [0.15, 0.2) is 42.6 Å². The lowest BCUT2D eigenvalue weighted by atomic mass is 9.93. The average Bonchev–Trinajstić information content (AvgIpc) is 3.01. The Labute approximate surface area is 151 Å². The number of likely N-dealkylation sites (tertiary alicyclic amines) is 1. The third-order valence-corrected chi connectivity index (χ3v) is 5.06. The Kier molecular flexibility index (Phi) is 4.41. The van der Waals surface area contributed by atoms with Gasteiger partial charge in [-0.2, -0.15) is 5.10 Å². The molecule has 1 amide bonds. The average molecular weight is 352 g/mol. The van der Waals surface area contributed by atoms with Crippen LogP contribution in [0.5, 0.6) is 0 Å². The van der Waals surface area contributed by atoms with Crippen molar-refractivity contribution in [2.75, 3.05) is 13.1 Å². The highest BCUT2D eigenvalue weighted by atomic mass is 19.1. The van der Waals surface area contributed by atoms with Crippen molar-refractivity contribution in [1.29, 1.82) is 0 Å². The van der Waals surface area contributed by atoms with Crippen molar-refractivity contribution < 1.29 is 9.18 Å². The van der Waals surface area contributed by atoms with Crippen molar-refractivity contribution >= 4 is 16.9 Å². The summed E-state index contributed by atoms with van der Waals surface area (Å²) >= 11 is 0. The molecule has 0 spiro atoms. The van der Waals surface area contributed by atoms with E-state index in [9.17, 15) is 9.18 Å². The molecule has 4 rings (SSSR count). The van der Waals surface area contributed by atoms with Crippen LogP contribution < -0.4 is 0 Å². The Bertz CT molecular complexity index is 935. The minimum Gasteiger partial charge on any atom is -0.342 e. The number of pyridine rings is 1. The summed E-state index contributed by atoms with van der Waals surface area (Å²) in [6.07, 6.45) is 4.05. The first-order chi connectivity index (χ1) is 12.6. The number of hydrogen-bond acceptors (Lipinski definition) is 3. The van der Waals surface area contributed by atoms with Crippen LogP contribution in [-0.4, -0.2) is 38.7 Å². The smallest absolute Gasteiger partial charge is 0.227 e. The Hall–Kier alpha value is -2.76. The molecule has 1 aliphatic heterocycles. The summed E-state index contributed by atoms with van der Waals surface area (Å²) in [5, 5.41) is 5.74. The molecular formula is C20H21FN4O. The molecule has 1 atom stereocenters. The molecule has 1 fully saturated rings. The maximum absolute atomic E-state index is 13.0. The molecule has 5 nitrogen and oxygen atoms in total. The zero-order valence-electron chi connectivity index (χ0n) is 14.7. The fraction of sp³-hybridized carbons (Fsp3) is 0.350. The number of halogens is 1. The van der Waals surface area contributed by atoms with Crippen LogP contribution in [0.3, 0.4) is 0 Å². The molecule has 26 heavy (non-hydrogen) atoms. The summed E-state index contributed by atoms with van der Waals surface area (Å²) < 4.78 is 14.8. The molecule has 2 aromatic heterocycles. The highest BCUT2D eigenvalue weighted by Crippen LogP contribution is 2.30. The van der Waals surface area contributed by atoms with Crippen LogP contribution >= 0.6 is 0 Å². The van der Waals surface area contributed by atoms with Gasteiger partial charge in [0.25, 0.3) is 0 Å². The fourth-order valence-corrected chi connectivity index (χ4v) is 3.73. The van der Waals surface area contributed by atoms with Crippen LogP contribution in [0.1, 0.15) is 30.0 Å². The van der Waals surface area contributed by atoms with Gasteiger partial charge in [-0.1, -0.05) is 12.1 Å². The minimum atomic E-state index is -0.283. The zero-order chi connectivity index (χ0) is 18.1. The summed E-state index contributed by atoms with van der Waals surface area (Å²) in [6.45, 7) is 1.43. The molecule has 1 aromatic carbocycles. The number of aromatic nitrogens is 3. The Morgan fingerprint density at radius 3 is 2.88 bits per heavy atom. The molecule has 3 aromatic rings. The first-order valence-corrected chi connectivity index (χ1v) is 8.91. The fourth-order valence-electron chi connectivity index (χ4n) is 3.73. The van der Waals surface area contributed by atoms with E-state index in [1.165, 1.54) is 12.1 Å². The number of carbonyl (C=O) groups excluding carboxylic acids is 1. The number of benzene rings is 1. The summed E-state index contributed by atoms with van der Waals surface area (Å²) in [7, 11) is 1.90. The van der Waals surface area contributed by atoms with E-state index < -0.39 is 0 Å². The number of rotatable bonds is 3. The molecular weight excluding hydrogens is 331 g/mol. The van der Waals surface area contributed by atoms with Crippen molar-refractivity contribution in [1.82, 2.24) is 19.7 Å². The number of nitrogens with zero attached hydrogens (tertiary/aromatic N) is 4. The maximum Gasteiger partial charge on any atom is 0.227 e. The van der Waals surface area contributed by atoms with E-state index in [-0.39, 0.29) is 17.6 Å². The van der Waals surface area contributed by atoms with Crippen molar-refractivity contribution in [3.8, 4) is 0 Å². The molecule has 3 heterocycles. The van der Waals surface area contributed by atoms with Gasteiger partial charge < -0.3 is 4.90 Å². The maximum atomic E-state index is 13.0. The van der Waals surface area contributed by atoms with Crippen LogP contribution in [0.25, 0.3) is 11.0 Å². The van der Waals surface area contributed by atoms with Crippen LogP contribution in [-0.2, 0) is 18.3 Å². The van der Waals surface area contributed by atoms with Gasteiger partial charge in [-0.05, 0) is 42.7 Å². The monoisotopic (exact) mass is 352 g/mol. The molecule has 0 unspecified atom stereocenters. The predicted octanol–water partition coefficient (Wildman–Crippen LogP) is 3.06. The molecule has 134 valence electrons. The van der Waals surface area contributed by atoms with Gasteiger partial charge in [0.05, 0.1) is 12.1 Å². The third kappa shape index (κ3) is 3.19. The van der Waals surface area contributed by atoms with E-state index >= 15 is 0 Å². The first kappa shape index (κ1) is 16.7. The summed E-state index contributed by atoms with van der Waals surface area (Å²) in [6, 6.07) is 10.1. The number of carbonyl (C=O) groups is 1. The summed E-state index contributed by atoms with van der Waals surface area (Å²) in [5.74, 6) is 0.0170. The van der Waals surface area contributed by atoms with Crippen LogP contribution in [0.2, 0.25) is 0 Å². The quantitative estimate of drug-likeness (QED) is 0.728. The Morgan fingerprint density at radius 1 is 1.27 bits per heavy atom. The molecule has 0 bridgehead atoms. The molecule has 1 aliphatic rings. The van der Waals surface area contributed by atoms with Gasteiger partial charge in [0.15, 0.2) is 5.65 Å². The standard InChI is InChI=1S/C20H21FN4O/c1-24-20-17(5-2-10-22-20)19(23-24)15-4-3-11-25(13-15)18(26)12-14-6-8-16(21)9-7-14/h2,5-10,15H,3-4,11-13H2,1H3/t15-/m1/s1. The van der Waals surface area contributed by atoms with Crippen LogP contribution in [0, 0.1) is 5.82 Å². The Morgan fingerprint density at radius 2 is 2.08 bits per heavy atom. The van der Waals surface area contributed by atoms with Gasteiger partial charge in [-0.25, -0.2) is 9.37 Å². The minimum absolute atomic E-state index is 0.0830. The van der Waals surface area contributed by atoms with Gasteiger partial charge in [-0.15, -0.1) is 0 Å². The molecule has 6 heteroatoms. The second-order valence-electron chi connectivity index (χ2n) is 6.87. The number of fused-ring (bicyclic) bond motifs is 1. The number of hydrogen-bond donors (Lipinski definition) is 0. The van der Waals surface area contributed by atoms with Gasteiger partial charge in [0.2, 0.25) is 5.91 Å². The highest BCUT2D eigenvalue weighted by Gasteiger charge is 2.28. The van der Waals surface area contributed by atoms with Gasteiger partial charge >= 0.3 is 0 Å². The number of aryl methyl sites for hydroxylation is 1. The van der Waals surface area contributed by atoms with E-state index in [4.69, 9.17) is 0 Å². The Balaban J connectivity index is 1.51. The normalized spacial score (nSPS) is 17.6. The van der Waals surface area contributed by atoms with E-state index in [1.54, 1.807) is 18.3 Å². The SMILES string of the molecule is Cn1nc([C@@H]2CCCN(C(=O)Cc3ccc(F)cc3)C2)c2cccnc21. The van der Waals surface area contributed by atoms with Gasteiger partial charge in [-0.3, -0.25) is 9.48 Å². The summed E-state index contributed by atoms with van der Waals surface area (Å²) in [5.41, 5.74) is 2.73. The molecule has 1 saturated heterocycles. The lowest BCUT2D eigenvalue weighted by Gasteiger charge is -2.32. The van der Waals surface area contributed by atoms with E-state index in [1.807, 2.05) is 28.8 Å². The molecule has 0 radical (unpaired) electrons.